The molecule has 6 nitrogen and oxygen atoms in total. The van der Waals surface area contributed by atoms with E-state index in [4.69, 9.17) is 12.2 Å². The number of halogens is 1. The molecule has 1 rings (SSSR count). The van der Waals surface area contributed by atoms with Crippen LogP contribution in [0.2, 0.25) is 0 Å². The van der Waals surface area contributed by atoms with Crippen molar-refractivity contribution >= 4 is 45.2 Å². The van der Waals surface area contributed by atoms with Gasteiger partial charge in [-0.15, -0.1) is 0 Å². The fourth-order valence-electron chi connectivity index (χ4n) is 1.21. The van der Waals surface area contributed by atoms with Crippen molar-refractivity contribution in [3.63, 3.8) is 0 Å². The number of hydrogen-bond donors (Lipinski definition) is 2. The Morgan fingerprint density at radius 1 is 1.58 bits per heavy atom. The fourth-order valence-corrected chi connectivity index (χ4v) is 1.89. The number of hydrazone groups is 1. The zero-order valence-electron chi connectivity index (χ0n) is 10.4. The van der Waals surface area contributed by atoms with Crippen LogP contribution in [0.3, 0.4) is 0 Å². The van der Waals surface area contributed by atoms with Crippen LogP contribution in [0.4, 0.5) is 5.69 Å². The highest BCUT2D eigenvalue weighted by Gasteiger charge is 2.11. The molecule has 0 heterocycles. The van der Waals surface area contributed by atoms with Crippen LogP contribution in [0.15, 0.2) is 27.8 Å². The van der Waals surface area contributed by atoms with Crippen molar-refractivity contribution in [3.8, 4) is 0 Å². The third kappa shape index (κ3) is 5.31. The molecule has 0 saturated carbocycles. The lowest BCUT2D eigenvalue weighted by Gasteiger charge is -2.09. The Balaban J connectivity index is 2.70. The highest BCUT2D eigenvalue weighted by Crippen LogP contribution is 2.24. The van der Waals surface area contributed by atoms with Crippen LogP contribution in [-0.2, 0) is 0 Å². The molecule has 0 unspecified atom stereocenters. The third-order valence-corrected chi connectivity index (χ3v) is 2.85. The predicted molar refractivity (Wildman–Crippen MR) is 82.4 cm³/mol. The molecule has 0 fully saturated rings. The molecular weight excluding hydrogens is 332 g/mol. The summed E-state index contributed by atoms with van der Waals surface area (Å²) in [5, 5.41) is 18.0. The lowest BCUT2D eigenvalue weighted by molar-refractivity contribution is -0.385. The normalized spacial score (nSPS) is 10.7. The number of benzene rings is 1. The van der Waals surface area contributed by atoms with E-state index in [-0.39, 0.29) is 11.7 Å². The minimum Gasteiger partial charge on any atom is -0.359 e. The molecular formula is C11H13BrN4O2S. The standard InChI is InChI=1S/C11H13BrN4O2S/c1-7(2)14-11(19)15-13-6-8-3-4-9(12)10(5-8)16(17)18/h3-7H,1-2H3,(H2,14,15,19)/b13-6-. The summed E-state index contributed by atoms with van der Waals surface area (Å²) in [7, 11) is 0. The van der Waals surface area contributed by atoms with Crippen LogP contribution in [-0.4, -0.2) is 22.3 Å². The summed E-state index contributed by atoms with van der Waals surface area (Å²) in [5.41, 5.74) is 3.23. The Labute approximate surface area is 124 Å². The van der Waals surface area contributed by atoms with Crippen molar-refractivity contribution in [1.82, 2.24) is 10.7 Å². The van der Waals surface area contributed by atoms with Gasteiger partial charge in [-0.2, -0.15) is 5.10 Å². The van der Waals surface area contributed by atoms with E-state index >= 15 is 0 Å². The molecule has 0 spiro atoms. The summed E-state index contributed by atoms with van der Waals surface area (Å²) in [6.07, 6.45) is 1.47. The minimum atomic E-state index is -0.459. The molecule has 0 radical (unpaired) electrons. The predicted octanol–water partition coefficient (Wildman–Crippen LogP) is 2.56. The van der Waals surface area contributed by atoms with Gasteiger partial charge in [0.1, 0.15) is 0 Å². The van der Waals surface area contributed by atoms with E-state index in [1.807, 2.05) is 13.8 Å². The second-order valence-electron chi connectivity index (χ2n) is 3.97. The van der Waals surface area contributed by atoms with Gasteiger partial charge in [-0.05, 0) is 48.1 Å². The van der Waals surface area contributed by atoms with E-state index in [1.165, 1.54) is 12.3 Å². The van der Waals surface area contributed by atoms with Crippen molar-refractivity contribution < 1.29 is 4.92 Å². The van der Waals surface area contributed by atoms with Gasteiger partial charge in [0, 0.05) is 17.7 Å². The molecule has 0 amide bonds. The van der Waals surface area contributed by atoms with Gasteiger partial charge in [0.15, 0.2) is 5.11 Å². The lowest BCUT2D eigenvalue weighted by atomic mass is 10.2. The minimum absolute atomic E-state index is 0.00756. The third-order valence-electron chi connectivity index (χ3n) is 1.97. The van der Waals surface area contributed by atoms with Crippen LogP contribution in [0.5, 0.6) is 0 Å². The molecule has 0 saturated heterocycles. The van der Waals surface area contributed by atoms with Crippen molar-refractivity contribution in [2.45, 2.75) is 19.9 Å². The van der Waals surface area contributed by atoms with Gasteiger partial charge in [-0.25, -0.2) is 0 Å². The van der Waals surface area contributed by atoms with Gasteiger partial charge in [0.2, 0.25) is 0 Å². The van der Waals surface area contributed by atoms with Crippen molar-refractivity contribution in [3.05, 3.63) is 38.3 Å². The average molecular weight is 345 g/mol. The molecule has 0 aromatic heterocycles. The first-order valence-electron chi connectivity index (χ1n) is 5.43. The lowest BCUT2D eigenvalue weighted by Crippen LogP contribution is -2.36. The fraction of sp³-hybridized carbons (Fsp3) is 0.273. The molecule has 1 aromatic carbocycles. The van der Waals surface area contributed by atoms with Crippen LogP contribution in [0, 0.1) is 10.1 Å². The molecule has 0 aliphatic rings. The molecule has 8 heteroatoms. The van der Waals surface area contributed by atoms with Gasteiger partial charge in [-0.3, -0.25) is 15.5 Å². The van der Waals surface area contributed by atoms with Crippen LogP contribution in [0.25, 0.3) is 0 Å². The van der Waals surface area contributed by atoms with Crippen molar-refractivity contribution in [2.24, 2.45) is 5.10 Å². The molecule has 0 atom stereocenters. The second-order valence-corrected chi connectivity index (χ2v) is 5.23. The maximum absolute atomic E-state index is 10.8. The Kier molecular flexibility index (Phi) is 5.84. The smallest absolute Gasteiger partial charge is 0.284 e. The Morgan fingerprint density at radius 3 is 2.84 bits per heavy atom. The number of rotatable bonds is 4. The van der Waals surface area contributed by atoms with Crippen molar-refractivity contribution in [1.29, 1.82) is 0 Å². The number of nitro benzene ring substituents is 1. The largest absolute Gasteiger partial charge is 0.359 e. The maximum Gasteiger partial charge on any atom is 0.284 e. The summed E-state index contributed by atoms with van der Waals surface area (Å²) < 4.78 is 0.430. The van der Waals surface area contributed by atoms with E-state index in [9.17, 15) is 10.1 Å². The Bertz CT molecular complexity index is 519. The summed E-state index contributed by atoms with van der Waals surface area (Å²) >= 11 is 8.10. The molecule has 0 aliphatic heterocycles. The summed E-state index contributed by atoms with van der Waals surface area (Å²) in [6.45, 7) is 3.91. The molecule has 2 N–H and O–H groups in total. The average Bonchev–Trinajstić information content (AvgIpc) is 2.30. The first-order chi connectivity index (χ1) is 8.90. The number of thiocarbonyl (C=S) groups is 1. The van der Waals surface area contributed by atoms with E-state index in [0.717, 1.165) is 0 Å². The van der Waals surface area contributed by atoms with Crippen molar-refractivity contribution in [2.75, 3.05) is 0 Å². The van der Waals surface area contributed by atoms with Crippen LogP contribution in [0.1, 0.15) is 19.4 Å². The highest BCUT2D eigenvalue weighted by molar-refractivity contribution is 9.10. The molecule has 102 valence electrons. The molecule has 0 bridgehead atoms. The SMILES string of the molecule is CC(C)NC(=S)N/N=C\c1ccc(Br)c([N+](=O)[O-])c1. The van der Waals surface area contributed by atoms with E-state index in [1.54, 1.807) is 12.1 Å². The van der Waals surface area contributed by atoms with Crippen LogP contribution >= 0.6 is 28.1 Å². The second kappa shape index (κ2) is 7.15. The van der Waals surface area contributed by atoms with E-state index in [2.05, 4.69) is 31.8 Å². The summed E-state index contributed by atoms with van der Waals surface area (Å²) in [4.78, 5) is 10.3. The number of nitrogens with zero attached hydrogens (tertiary/aromatic N) is 2. The van der Waals surface area contributed by atoms with E-state index in [0.29, 0.717) is 15.1 Å². The van der Waals surface area contributed by atoms with E-state index < -0.39 is 4.92 Å². The van der Waals surface area contributed by atoms with Gasteiger partial charge in [0.25, 0.3) is 5.69 Å². The van der Waals surface area contributed by atoms with Gasteiger partial charge >= 0.3 is 0 Å². The molecule has 1 aromatic rings. The van der Waals surface area contributed by atoms with Gasteiger partial charge in [0.05, 0.1) is 15.6 Å². The van der Waals surface area contributed by atoms with Gasteiger partial charge in [-0.1, -0.05) is 6.07 Å². The molecule has 19 heavy (non-hydrogen) atoms. The number of nitrogens with one attached hydrogen (secondary N) is 2. The summed E-state index contributed by atoms with van der Waals surface area (Å²) in [6, 6.07) is 4.95. The quantitative estimate of drug-likeness (QED) is 0.379. The monoisotopic (exact) mass is 344 g/mol. The first-order valence-corrected chi connectivity index (χ1v) is 6.63. The maximum atomic E-state index is 10.8. The number of hydrogen-bond acceptors (Lipinski definition) is 4. The zero-order chi connectivity index (χ0) is 14.4. The first kappa shape index (κ1) is 15.5. The highest BCUT2D eigenvalue weighted by atomic mass is 79.9. The molecule has 0 aliphatic carbocycles. The summed E-state index contributed by atoms with van der Waals surface area (Å²) in [5.74, 6) is 0. The number of nitro groups is 1. The topological polar surface area (TPSA) is 79.6 Å². The van der Waals surface area contributed by atoms with Crippen LogP contribution < -0.4 is 10.7 Å². The van der Waals surface area contributed by atoms with Gasteiger partial charge < -0.3 is 5.32 Å². The zero-order valence-corrected chi connectivity index (χ0v) is 12.8. The Morgan fingerprint density at radius 2 is 2.26 bits per heavy atom. The Hall–Kier alpha value is -1.54.